The van der Waals surface area contributed by atoms with E-state index >= 15 is 0 Å². The molecule has 0 radical (unpaired) electrons. The second kappa shape index (κ2) is 7.31. The second-order valence-electron chi connectivity index (χ2n) is 4.64. The summed E-state index contributed by atoms with van der Waals surface area (Å²) in [6, 6.07) is 0. The Morgan fingerprint density at radius 2 is 2.24 bits per heavy atom. The lowest BCUT2D eigenvalue weighted by Crippen LogP contribution is -2.36. The number of nitrogens with one attached hydrogen (secondary N) is 1. The molecular formula is C11H24N2O3S. The van der Waals surface area contributed by atoms with Crippen LogP contribution in [0.15, 0.2) is 0 Å². The lowest BCUT2D eigenvalue weighted by atomic mass is 10.0. The first-order valence-corrected chi connectivity index (χ1v) is 7.83. The molecular weight excluding hydrogens is 240 g/mol. The van der Waals surface area contributed by atoms with Gasteiger partial charge in [0.15, 0.2) is 0 Å². The van der Waals surface area contributed by atoms with Gasteiger partial charge in [-0.25, -0.2) is 12.7 Å². The highest BCUT2D eigenvalue weighted by molar-refractivity contribution is 7.89. The van der Waals surface area contributed by atoms with Gasteiger partial charge in [-0.05, 0) is 38.8 Å². The normalized spacial score (nSPS) is 21.9. The van der Waals surface area contributed by atoms with E-state index in [1.807, 2.05) is 7.05 Å². The largest absolute Gasteiger partial charge is 0.381 e. The molecule has 1 N–H and O–H groups in total. The molecule has 1 atom stereocenters. The fraction of sp³-hybridized carbons (Fsp3) is 1.00. The molecule has 17 heavy (non-hydrogen) atoms. The Morgan fingerprint density at radius 3 is 2.82 bits per heavy atom. The summed E-state index contributed by atoms with van der Waals surface area (Å²) < 4.78 is 30.7. The van der Waals surface area contributed by atoms with Crippen LogP contribution >= 0.6 is 0 Å². The van der Waals surface area contributed by atoms with E-state index in [-0.39, 0.29) is 5.75 Å². The molecule has 1 saturated heterocycles. The van der Waals surface area contributed by atoms with Crippen molar-refractivity contribution in [2.45, 2.75) is 19.3 Å². The van der Waals surface area contributed by atoms with E-state index in [0.29, 0.717) is 25.5 Å². The molecule has 1 aliphatic heterocycles. The van der Waals surface area contributed by atoms with Crippen LogP contribution in [0.4, 0.5) is 0 Å². The first-order valence-electron chi connectivity index (χ1n) is 6.22. The van der Waals surface area contributed by atoms with Gasteiger partial charge in [0.25, 0.3) is 0 Å². The maximum absolute atomic E-state index is 11.9. The van der Waals surface area contributed by atoms with Crippen molar-refractivity contribution in [1.29, 1.82) is 0 Å². The molecule has 1 rings (SSSR count). The van der Waals surface area contributed by atoms with E-state index in [9.17, 15) is 8.42 Å². The molecule has 0 aromatic heterocycles. The molecule has 0 bridgehead atoms. The summed E-state index contributed by atoms with van der Waals surface area (Å²) in [7, 11) is 0.405. The first-order chi connectivity index (χ1) is 8.06. The van der Waals surface area contributed by atoms with Crippen LogP contribution in [0.5, 0.6) is 0 Å². The van der Waals surface area contributed by atoms with E-state index < -0.39 is 10.0 Å². The van der Waals surface area contributed by atoms with E-state index in [0.717, 1.165) is 26.0 Å². The van der Waals surface area contributed by atoms with Gasteiger partial charge < -0.3 is 10.1 Å². The zero-order chi connectivity index (χ0) is 12.7. The lowest BCUT2D eigenvalue weighted by molar-refractivity contribution is 0.0495. The average molecular weight is 264 g/mol. The highest BCUT2D eigenvalue weighted by atomic mass is 32.2. The maximum atomic E-state index is 11.9. The number of hydrogen-bond acceptors (Lipinski definition) is 4. The predicted octanol–water partition coefficient (Wildman–Crippen LogP) is 0.284. The Hall–Kier alpha value is -0.170. The molecule has 1 aliphatic rings. The highest BCUT2D eigenvalue weighted by Gasteiger charge is 2.22. The minimum Gasteiger partial charge on any atom is -0.381 e. The van der Waals surface area contributed by atoms with E-state index in [4.69, 9.17) is 4.74 Å². The Bertz CT molecular complexity index is 300. The molecule has 0 amide bonds. The van der Waals surface area contributed by atoms with Crippen molar-refractivity contribution in [2.24, 2.45) is 5.92 Å². The molecule has 0 aliphatic carbocycles. The molecule has 1 unspecified atom stereocenters. The van der Waals surface area contributed by atoms with Crippen LogP contribution in [0.2, 0.25) is 0 Å². The van der Waals surface area contributed by atoms with Crippen LogP contribution in [0.3, 0.4) is 0 Å². The lowest BCUT2D eigenvalue weighted by Gasteiger charge is -2.26. The molecule has 0 aromatic rings. The van der Waals surface area contributed by atoms with Gasteiger partial charge in [0.1, 0.15) is 0 Å². The molecule has 1 heterocycles. The molecule has 0 saturated carbocycles. The third-order valence-electron chi connectivity index (χ3n) is 3.07. The van der Waals surface area contributed by atoms with Gasteiger partial charge >= 0.3 is 0 Å². The Kier molecular flexibility index (Phi) is 6.40. The Labute approximate surface area is 105 Å². The van der Waals surface area contributed by atoms with Crippen LogP contribution < -0.4 is 5.32 Å². The quantitative estimate of drug-likeness (QED) is 0.671. The zero-order valence-electron chi connectivity index (χ0n) is 10.8. The van der Waals surface area contributed by atoms with Gasteiger partial charge in [0, 0.05) is 20.2 Å². The van der Waals surface area contributed by atoms with Crippen LogP contribution in [0.1, 0.15) is 19.3 Å². The summed E-state index contributed by atoms with van der Waals surface area (Å²) in [4.78, 5) is 0. The van der Waals surface area contributed by atoms with E-state index in [1.54, 1.807) is 7.05 Å². The molecule has 6 heteroatoms. The minimum atomic E-state index is -3.09. The number of rotatable bonds is 7. The SMILES string of the molecule is CNCCCS(=O)(=O)N(C)CC1CCCOC1. The van der Waals surface area contributed by atoms with E-state index in [1.165, 1.54) is 4.31 Å². The summed E-state index contributed by atoms with van der Waals surface area (Å²) in [6.45, 7) is 2.83. The number of ether oxygens (including phenoxy) is 1. The van der Waals surface area contributed by atoms with Crippen molar-refractivity contribution in [2.75, 3.05) is 46.2 Å². The number of hydrogen-bond donors (Lipinski definition) is 1. The van der Waals surface area contributed by atoms with Gasteiger partial charge in [-0.3, -0.25) is 0 Å². The van der Waals surface area contributed by atoms with Crippen LogP contribution in [-0.2, 0) is 14.8 Å². The first kappa shape index (κ1) is 14.9. The van der Waals surface area contributed by atoms with Crippen molar-refractivity contribution in [3.8, 4) is 0 Å². The number of sulfonamides is 1. The summed E-state index contributed by atoms with van der Waals surface area (Å²) in [5.41, 5.74) is 0. The van der Waals surface area contributed by atoms with Crippen molar-refractivity contribution in [3.05, 3.63) is 0 Å². The third kappa shape index (κ3) is 5.33. The highest BCUT2D eigenvalue weighted by Crippen LogP contribution is 2.16. The molecule has 5 nitrogen and oxygen atoms in total. The average Bonchev–Trinajstić information content (AvgIpc) is 2.30. The molecule has 102 valence electrons. The monoisotopic (exact) mass is 264 g/mol. The van der Waals surface area contributed by atoms with Gasteiger partial charge in [-0.15, -0.1) is 0 Å². The van der Waals surface area contributed by atoms with Crippen LogP contribution in [0, 0.1) is 5.92 Å². The fourth-order valence-electron chi connectivity index (χ4n) is 2.02. The topological polar surface area (TPSA) is 58.6 Å². The second-order valence-corrected chi connectivity index (χ2v) is 6.83. The zero-order valence-corrected chi connectivity index (χ0v) is 11.6. The molecule has 0 aromatic carbocycles. The van der Waals surface area contributed by atoms with Crippen molar-refractivity contribution in [3.63, 3.8) is 0 Å². The van der Waals surface area contributed by atoms with Crippen molar-refractivity contribution in [1.82, 2.24) is 9.62 Å². The Morgan fingerprint density at radius 1 is 1.47 bits per heavy atom. The standard InChI is InChI=1S/C11H24N2O3S/c1-12-6-4-8-17(14,15)13(2)9-11-5-3-7-16-10-11/h11-12H,3-10H2,1-2H3. The maximum Gasteiger partial charge on any atom is 0.213 e. The molecule has 0 spiro atoms. The Balaban J connectivity index is 2.36. The van der Waals surface area contributed by atoms with Crippen molar-refractivity contribution < 1.29 is 13.2 Å². The van der Waals surface area contributed by atoms with Gasteiger partial charge in [0.05, 0.1) is 12.4 Å². The summed E-state index contributed by atoms with van der Waals surface area (Å²) in [5.74, 6) is 0.575. The van der Waals surface area contributed by atoms with Gasteiger partial charge in [0.2, 0.25) is 10.0 Å². The van der Waals surface area contributed by atoms with Gasteiger partial charge in [-0.2, -0.15) is 0 Å². The molecule has 1 fully saturated rings. The van der Waals surface area contributed by atoms with E-state index in [2.05, 4.69) is 5.32 Å². The minimum absolute atomic E-state index is 0.220. The summed E-state index contributed by atoms with van der Waals surface area (Å²) in [6.07, 6.45) is 2.76. The van der Waals surface area contributed by atoms with Crippen molar-refractivity contribution >= 4 is 10.0 Å². The predicted molar refractivity (Wildman–Crippen MR) is 68.5 cm³/mol. The smallest absolute Gasteiger partial charge is 0.213 e. The fourth-order valence-corrected chi connectivity index (χ4v) is 3.27. The third-order valence-corrected chi connectivity index (χ3v) is 4.98. The summed E-state index contributed by atoms with van der Waals surface area (Å²) in [5, 5.41) is 2.96. The van der Waals surface area contributed by atoms with Crippen LogP contribution in [0.25, 0.3) is 0 Å². The van der Waals surface area contributed by atoms with Gasteiger partial charge in [-0.1, -0.05) is 0 Å². The summed E-state index contributed by atoms with van der Waals surface area (Å²) >= 11 is 0. The van der Waals surface area contributed by atoms with Crippen LogP contribution in [-0.4, -0.2) is 58.9 Å². The number of nitrogens with zero attached hydrogens (tertiary/aromatic N) is 1.